The minimum absolute atomic E-state index is 0.192. The van der Waals surface area contributed by atoms with Crippen LogP contribution in [0.3, 0.4) is 0 Å². The van der Waals surface area contributed by atoms with E-state index < -0.39 is 24.8 Å². The van der Waals surface area contributed by atoms with Crippen molar-refractivity contribution in [1.82, 2.24) is 0 Å². The maximum atomic E-state index is 13.8. The highest BCUT2D eigenvalue weighted by atomic mass is 31.2. The van der Waals surface area contributed by atoms with Crippen molar-refractivity contribution in [2.75, 3.05) is 13.2 Å². The average molecular weight is 388 g/mol. The highest BCUT2D eigenvalue weighted by Crippen LogP contribution is 2.67. The van der Waals surface area contributed by atoms with Crippen LogP contribution in [0.2, 0.25) is 0 Å². The summed E-state index contributed by atoms with van der Waals surface area (Å²) in [6, 6.07) is 19.0. The molecule has 0 amide bonds. The SMILES string of the molecule is CCOP(=O)(OCC)C1(Cc2ccccc2)CC(c2ccccc2)OC1=O. The Hall–Kier alpha value is -1.94. The molecule has 3 rings (SSSR count). The van der Waals surface area contributed by atoms with Crippen LogP contribution < -0.4 is 0 Å². The van der Waals surface area contributed by atoms with E-state index in [0.29, 0.717) is 0 Å². The number of ether oxygens (including phenoxy) is 1. The standard InChI is InChI=1S/C21H25O5P/c1-3-24-27(23,25-4-2)21(15-17-11-7-5-8-12-17)16-19(26-20(21)22)18-13-9-6-10-14-18/h5-14,19H,3-4,15-16H2,1-2H3. The van der Waals surface area contributed by atoms with Crippen molar-refractivity contribution in [1.29, 1.82) is 0 Å². The lowest BCUT2D eigenvalue weighted by Gasteiger charge is -2.32. The number of benzene rings is 2. The van der Waals surface area contributed by atoms with Crippen molar-refractivity contribution in [2.45, 2.75) is 37.9 Å². The maximum Gasteiger partial charge on any atom is 0.348 e. The summed E-state index contributed by atoms with van der Waals surface area (Å²) < 4.78 is 30.7. The Balaban J connectivity index is 2.04. The smallest absolute Gasteiger partial charge is 0.348 e. The van der Waals surface area contributed by atoms with Gasteiger partial charge in [-0.05, 0) is 25.0 Å². The van der Waals surface area contributed by atoms with E-state index in [4.69, 9.17) is 13.8 Å². The quantitative estimate of drug-likeness (QED) is 0.474. The number of rotatable bonds is 8. The van der Waals surface area contributed by atoms with Crippen molar-refractivity contribution in [3.8, 4) is 0 Å². The Morgan fingerprint density at radius 3 is 2.11 bits per heavy atom. The summed E-state index contributed by atoms with van der Waals surface area (Å²) in [5.41, 5.74) is 1.77. The molecule has 1 fully saturated rings. The molecule has 2 aromatic carbocycles. The normalized spacial score (nSPS) is 22.6. The van der Waals surface area contributed by atoms with Crippen molar-refractivity contribution in [3.05, 3.63) is 71.8 Å². The maximum absolute atomic E-state index is 13.8. The molecule has 0 saturated carbocycles. The third-order valence-electron chi connectivity index (χ3n) is 4.79. The Morgan fingerprint density at radius 1 is 1.00 bits per heavy atom. The first-order chi connectivity index (χ1) is 13.0. The van der Waals surface area contributed by atoms with Gasteiger partial charge in [-0.25, -0.2) is 0 Å². The lowest BCUT2D eigenvalue weighted by molar-refractivity contribution is -0.144. The minimum atomic E-state index is -3.75. The van der Waals surface area contributed by atoms with Crippen molar-refractivity contribution in [2.24, 2.45) is 0 Å². The monoisotopic (exact) mass is 388 g/mol. The minimum Gasteiger partial charge on any atom is -0.457 e. The van der Waals surface area contributed by atoms with Gasteiger partial charge in [0.1, 0.15) is 6.10 Å². The number of carbonyl (C=O) groups is 1. The highest BCUT2D eigenvalue weighted by Gasteiger charge is 2.63. The second-order valence-corrected chi connectivity index (χ2v) is 8.90. The summed E-state index contributed by atoms with van der Waals surface area (Å²) in [7, 11) is -3.75. The fourth-order valence-electron chi connectivity index (χ4n) is 3.55. The molecule has 2 unspecified atom stereocenters. The topological polar surface area (TPSA) is 61.8 Å². The fourth-order valence-corrected chi connectivity index (χ4v) is 5.84. The van der Waals surface area contributed by atoms with Gasteiger partial charge in [-0.15, -0.1) is 0 Å². The van der Waals surface area contributed by atoms with Gasteiger partial charge >= 0.3 is 13.6 Å². The van der Waals surface area contributed by atoms with E-state index in [9.17, 15) is 9.36 Å². The van der Waals surface area contributed by atoms with Crippen LogP contribution in [-0.4, -0.2) is 24.3 Å². The summed E-state index contributed by atoms with van der Waals surface area (Å²) in [5.74, 6) is -0.523. The summed E-state index contributed by atoms with van der Waals surface area (Å²) in [6.45, 7) is 3.88. The van der Waals surface area contributed by atoms with Gasteiger partial charge < -0.3 is 13.8 Å². The number of esters is 1. The third kappa shape index (κ3) is 3.86. The first-order valence-corrected chi connectivity index (χ1v) is 10.8. The molecule has 1 aliphatic heterocycles. The molecule has 0 aliphatic carbocycles. The second kappa shape index (κ2) is 8.39. The number of hydrogen-bond donors (Lipinski definition) is 0. The largest absolute Gasteiger partial charge is 0.457 e. The van der Waals surface area contributed by atoms with Crippen LogP contribution in [0.25, 0.3) is 0 Å². The zero-order valence-corrected chi connectivity index (χ0v) is 16.6. The van der Waals surface area contributed by atoms with E-state index in [-0.39, 0.29) is 26.1 Å². The first kappa shape index (κ1) is 19.8. The first-order valence-electron chi connectivity index (χ1n) is 9.24. The molecule has 144 valence electrons. The number of carbonyl (C=O) groups excluding carboxylic acids is 1. The van der Waals surface area contributed by atoms with E-state index in [0.717, 1.165) is 11.1 Å². The summed E-state index contributed by atoms with van der Waals surface area (Å²) in [5, 5.41) is -1.36. The molecular formula is C21H25O5P. The summed E-state index contributed by atoms with van der Waals surface area (Å²) in [4.78, 5) is 13.1. The van der Waals surface area contributed by atoms with Crippen LogP contribution in [-0.2, 0) is 29.6 Å². The molecule has 0 N–H and O–H groups in total. The van der Waals surface area contributed by atoms with Crippen molar-refractivity contribution < 1.29 is 23.1 Å². The van der Waals surface area contributed by atoms with E-state index in [1.165, 1.54) is 0 Å². The molecule has 0 spiro atoms. The molecule has 5 nitrogen and oxygen atoms in total. The summed E-state index contributed by atoms with van der Waals surface area (Å²) in [6.07, 6.45) is 0.0200. The van der Waals surface area contributed by atoms with Crippen LogP contribution in [0.4, 0.5) is 0 Å². The lowest BCUT2D eigenvalue weighted by atomic mass is 9.93. The molecule has 1 aliphatic rings. The molecule has 2 atom stereocenters. The predicted octanol–water partition coefficient (Wildman–Crippen LogP) is 4.92. The molecule has 1 heterocycles. The van der Waals surface area contributed by atoms with Crippen LogP contribution >= 0.6 is 7.60 Å². The summed E-state index contributed by atoms with van der Waals surface area (Å²) >= 11 is 0. The van der Waals surface area contributed by atoms with Gasteiger partial charge in [-0.2, -0.15) is 0 Å². The molecule has 6 heteroatoms. The number of cyclic esters (lactones) is 1. The molecule has 0 aromatic heterocycles. The van der Waals surface area contributed by atoms with Crippen LogP contribution in [0, 0.1) is 0 Å². The average Bonchev–Trinajstić information content (AvgIpc) is 3.02. The van der Waals surface area contributed by atoms with Gasteiger partial charge in [0.25, 0.3) is 0 Å². The van der Waals surface area contributed by atoms with E-state index in [2.05, 4.69) is 0 Å². The zero-order chi connectivity index (χ0) is 19.3. The zero-order valence-electron chi connectivity index (χ0n) is 15.7. The molecule has 0 bridgehead atoms. The van der Waals surface area contributed by atoms with Crippen molar-refractivity contribution in [3.63, 3.8) is 0 Å². The Labute approximate surface area is 160 Å². The molecule has 1 saturated heterocycles. The van der Waals surface area contributed by atoms with Gasteiger partial charge in [0, 0.05) is 12.8 Å². The van der Waals surface area contributed by atoms with Crippen LogP contribution in [0.5, 0.6) is 0 Å². The van der Waals surface area contributed by atoms with Gasteiger partial charge in [-0.1, -0.05) is 60.7 Å². The van der Waals surface area contributed by atoms with Gasteiger partial charge in [0.15, 0.2) is 5.16 Å². The fraction of sp³-hybridized carbons (Fsp3) is 0.381. The predicted molar refractivity (Wildman–Crippen MR) is 104 cm³/mol. The Kier molecular flexibility index (Phi) is 6.15. The lowest BCUT2D eigenvalue weighted by Crippen LogP contribution is -2.38. The Morgan fingerprint density at radius 2 is 1.56 bits per heavy atom. The van der Waals surface area contributed by atoms with E-state index >= 15 is 0 Å². The van der Waals surface area contributed by atoms with Crippen LogP contribution in [0.15, 0.2) is 60.7 Å². The molecule has 0 radical (unpaired) electrons. The van der Waals surface area contributed by atoms with Crippen LogP contribution in [0.1, 0.15) is 37.5 Å². The van der Waals surface area contributed by atoms with Crippen molar-refractivity contribution >= 4 is 13.6 Å². The second-order valence-electron chi connectivity index (χ2n) is 6.54. The van der Waals surface area contributed by atoms with Gasteiger partial charge in [0.2, 0.25) is 0 Å². The van der Waals surface area contributed by atoms with E-state index in [1.54, 1.807) is 13.8 Å². The van der Waals surface area contributed by atoms with Gasteiger partial charge in [-0.3, -0.25) is 9.36 Å². The Bertz CT molecular complexity index is 798. The molecule has 27 heavy (non-hydrogen) atoms. The molecule has 2 aromatic rings. The molecular weight excluding hydrogens is 363 g/mol. The van der Waals surface area contributed by atoms with Gasteiger partial charge in [0.05, 0.1) is 13.2 Å². The third-order valence-corrected chi connectivity index (χ3v) is 7.55. The highest BCUT2D eigenvalue weighted by molar-refractivity contribution is 7.56. The van der Waals surface area contributed by atoms with E-state index in [1.807, 2.05) is 60.7 Å². The number of hydrogen-bond acceptors (Lipinski definition) is 5.